The zero-order chi connectivity index (χ0) is 15.4. The zero-order valence-electron chi connectivity index (χ0n) is 13.6. The highest BCUT2D eigenvalue weighted by molar-refractivity contribution is 5.63. The van der Waals surface area contributed by atoms with Crippen molar-refractivity contribution in [1.29, 1.82) is 0 Å². The van der Waals surface area contributed by atoms with Gasteiger partial charge in [0.25, 0.3) is 0 Å². The molecule has 2 aromatic carbocycles. The molecule has 108 valence electrons. The number of rotatable bonds is 1. The first kappa shape index (κ1) is 18.2. The highest BCUT2D eigenvalue weighted by atomic mass is 14.0. The van der Waals surface area contributed by atoms with Crippen molar-refractivity contribution in [3.05, 3.63) is 72.3 Å². The van der Waals surface area contributed by atoms with Crippen LogP contribution < -0.4 is 0 Å². The van der Waals surface area contributed by atoms with Gasteiger partial charge in [-0.3, -0.25) is 0 Å². The molecule has 0 heteroatoms. The average Bonchev–Trinajstić information content (AvgIpc) is 2.42. The van der Waals surface area contributed by atoms with E-state index in [-0.39, 0.29) is 0 Å². The Hall–Kier alpha value is -1.82. The molecule has 0 aromatic heterocycles. The second-order valence-corrected chi connectivity index (χ2v) is 4.85. The molecule has 0 atom stereocenters. The van der Waals surface area contributed by atoms with Crippen molar-refractivity contribution in [3.8, 4) is 11.1 Å². The van der Waals surface area contributed by atoms with E-state index in [0.717, 1.165) is 0 Å². The maximum atomic E-state index is 3.36. The normalized spacial score (nSPS) is 8.65. The summed E-state index contributed by atoms with van der Waals surface area (Å²) in [5, 5.41) is 0. The van der Waals surface area contributed by atoms with E-state index in [1.54, 1.807) is 6.08 Å². The van der Waals surface area contributed by atoms with Crippen LogP contribution in [0.2, 0.25) is 0 Å². The van der Waals surface area contributed by atoms with Crippen LogP contribution in [0.15, 0.2) is 61.2 Å². The molecule has 0 N–H and O–H groups in total. The highest BCUT2D eigenvalue weighted by Gasteiger charge is 1.95. The van der Waals surface area contributed by atoms with Crippen molar-refractivity contribution in [2.45, 2.75) is 41.0 Å². The van der Waals surface area contributed by atoms with E-state index >= 15 is 0 Å². The smallest absolute Gasteiger partial charge is 0.0184 e. The van der Waals surface area contributed by atoms with Gasteiger partial charge < -0.3 is 0 Å². The quantitative estimate of drug-likeness (QED) is 0.512. The van der Waals surface area contributed by atoms with E-state index < -0.39 is 0 Å². The third-order valence-electron chi connectivity index (χ3n) is 2.44. The van der Waals surface area contributed by atoms with Gasteiger partial charge in [0.1, 0.15) is 0 Å². The molecule has 0 bridgehead atoms. The highest BCUT2D eigenvalue weighted by Crippen LogP contribution is 2.19. The van der Waals surface area contributed by atoms with Gasteiger partial charge >= 0.3 is 0 Å². The van der Waals surface area contributed by atoms with Gasteiger partial charge in [-0.05, 0) is 31.9 Å². The van der Waals surface area contributed by atoms with Crippen LogP contribution in [0.3, 0.4) is 0 Å². The first-order valence-electron chi connectivity index (χ1n) is 7.29. The van der Waals surface area contributed by atoms with Crippen LogP contribution >= 0.6 is 0 Å². The Morgan fingerprint density at radius 2 is 0.950 bits per heavy atom. The lowest BCUT2D eigenvalue weighted by molar-refractivity contribution is 1.09. The largest absolute Gasteiger partial charge is 0.103 e. The van der Waals surface area contributed by atoms with Gasteiger partial charge in [-0.15, -0.1) is 6.58 Å². The Morgan fingerprint density at radius 1 is 0.750 bits per heavy atom. The van der Waals surface area contributed by atoms with Crippen molar-refractivity contribution in [1.82, 2.24) is 0 Å². The molecule has 20 heavy (non-hydrogen) atoms. The second-order valence-electron chi connectivity index (χ2n) is 4.85. The Morgan fingerprint density at radius 3 is 1.15 bits per heavy atom. The fourth-order valence-corrected chi connectivity index (χ4v) is 1.49. The number of benzene rings is 2. The minimum Gasteiger partial charge on any atom is -0.103 e. The van der Waals surface area contributed by atoms with Gasteiger partial charge in [0.05, 0.1) is 0 Å². The molecule has 2 rings (SSSR count). The van der Waals surface area contributed by atoms with Crippen molar-refractivity contribution < 1.29 is 0 Å². The summed E-state index contributed by atoms with van der Waals surface area (Å²) in [6.07, 6.45) is 3.00. The van der Waals surface area contributed by atoms with E-state index in [0.29, 0.717) is 0 Å². The van der Waals surface area contributed by atoms with Crippen LogP contribution in [0.1, 0.15) is 38.3 Å². The van der Waals surface area contributed by atoms with E-state index in [9.17, 15) is 0 Å². The van der Waals surface area contributed by atoms with E-state index in [4.69, 9.17) is 0 Å². The SMILES string of the molecule is C=CC.CCC.Cc1ccc(-c2ccc(C)cc2)cc1. The third-order valence-corrected chi connectivity index (χ3v) is 2.44. The van der Waals surface area contributed by atoms with Crippen LogP contribution in [-0.2, 0) is 0 Å². The Labute approximate surface area is 125 Å². The molecule has 2 aromatic rings. The summed E-state index contributed by atoms with van der Waals surface area (Å²) >= 11 is 0. The third kappa shape index (κ3) is 7.58. The van der Waals surface area contributed by atoms with E-state index in [2.05, 4.69) is 82.8 Å². The van der Waals surface area contributed by atoms with Gasteiger partial charge in [-0.2, -0.15) is 0 Å². The molecule has 0 fully saturated rings. The molecule has 0 aliphatic heterocycles. The fourth-order valence-electron chi connectivity index (χ4n) is 1.49. The maximum Gasteiger partial charge on any atom is -0.0184 e. The van der Waals surface area contributed by atoms with Crippen LogP contribution in [0, 0.1) is 13.8 Å². The van der Waals surface area contributed by atoms with E-state index in [1.807, 2.05) is 6.92 Å². The standard InChI is InChI=1S/C14H14.C3H8.C3H6/c1-11-3-7-13(8-4-11)14-9-5-12(2)6-10-14;2*1-3-2/h3-10H,1-2H3;3H2,1-2H3;3H,1H2,2H3. The molecule has 0 amide bonds. The fraction of sp³-hybridized carbons (Fsp3) is 0.300. The molecule has 0 aliphatic carbocycles. The lowest BCUT2D eigenvalue weighted by Crippen LogP contribution is -1.78. The van der Waals surface area contributed by atoms with Crippen molar-refractivity contribution in [2.24, 2.45) is 0 Å². The topological polar surface area (TPSA) is 0 Å². The van der Waals surface area contributed by atoms with Gasteiger partial charge in [0, 0.05) is 0 Å². The molecule has 0 aliphatic rings. The second kappa shape index (κ2) is 11.0. The Balaban J connectivity index is 0.000000520. The minimum atomic E-state index is 1.25. The summed E-state index contributed by atoms with van der Waals surface area (Å²) in [7, 11) is 0. The van der Waals surface area contributed by atoms with Gasteiger partial charge in [0.2, 0.25) is 0 Å². The van der Waals surface area contributed by atoms with Crippen molar-refractivity contribution >= 4 is 0 Å². The maximum absolute atomic E-state index is 3.36. The first-order valence-corrected chi connectivity index (χ1v) is 7.29. The van der Waals surface area contributed by atoms with Crippen LogP contribution in [0.5, 0.6) is 0 Å². The molecule has 0 saturated carbocycles. The average molecular weight is 268 g/mol. The zero-order valence-corrected chi connectivity index (χ0v) is 13.6. The summed E-state index contributed by atoms with van der Waals surface area (Å²) in [4.78, 5) is 0. The molecule has 0 spiro atoms. The lowest BCUT2D eigenvalue weighted by atomic mass is 10.0. The predicted octanol–water partition coefficient (Wildman–Crippen LogP) is 6.58. The van der Waals surface area contributed by atoms with Gasteiger partial charge in [-0.1, -0.05) is 86.0 Å². The predicted molar refractivity (Wildman–Crippen MR) is 93.2 cm³/mol. The lowest BCUT2D eigenvalue weighted by Gasteiger charge is -2.02. The molecule has 0 nitrogen and oxygen atoms in total. The molecule has 0 unspecified atom stereocenters. The molecule has 0 heterocycles. The number of hydrogen-bond donors (Lipinski definition) is 0. The van der Waals surface area contributed by atoms with Crippen molar-refractivity contribution in [2.75, 3.05) is 0 Å². The summed E-state index contributed by atoms with van der Waals surface area (Å²) in [5.41, 5.74) is 5.19. The van der Waals surface area contributed by atoms with E-state index in [1.165, 1.54) is 28.7 Å². The Kier molecular flexibility index (Phi) is 10.0. The van der Waals surface area contributed by atoms with Crippen molar-refractivity contribution in [3.63, 3.8) is 0 Å². The molecule has 0 saturated heterocycles. The van der Waals surface area contributed by atoms with Crippen LogP contribution in [0.25, 0.3) is 11.1 Å². The minimum absolute atomic E-state index is 1.25. The summed E-state index contributed by atoms with van der Waals surface area (Å²) in [5.74, 6) is 0. The number of allylic oxidation sites excluding steroid dienone is 1. The summed E-state index contributed by atoms with van der Waals surface area (Å²) in [6, 6.07) is 17.3. The number of aryl methyl sites for hydroxylation is 2. The molecular weight excluding hydrogens is 240 g/mol. The first-order chi connectivity index (χ1) is 9.58. The van der Waals surface area contributed by atoms with Gasteiger partial charge in [-0.25, -0.2) is 0 Å². The summed E-state index contributed by atoms with van der Waals surface area (Å²) in [6.45, 7) is 13.7. The van der Waals surface area contributed by atoms with Crippen LogP contribution in [-0.4, -0.2) is 0 Å². The molecule has 0 radical (unpaired) electrons. The van der Waals surface area contributed by atoms with Gasteiger partial charge in [0.15, 0.2) is 0 Å². The summed E-state index contributed by atoms with van der Waals surface area (Å²) < 4.78 is 0. The molecular formula is C20H28. The monoisotopic (exact) mass is 268 g/mol. The number of hydrogen-bond acceptors (Lipinski definition) is 0. The Bertz CT molecular complexity index is 417. The van der Waals surface area contributed by atoms with Crippen LogP contribution in [0.4, 0.5) is 0 Å².